The van der Waals surface area contributed by atoms with E-state index in [1.807, 2.05) is 0 Å². The summed E-state index contributed by atoms with van der Waals surface area (Å²) in [6, 6.07) is 14.4. The quantitative estimate of drug-likeness (QED) is 0.335. The fourth-order valence-corrected chi connectivity index (χ4v) is 2.47. The number of hydrogen-bond acceptors (Lipinski definition) is 7. The number of carbonyl (C=O) groups excluding carboxylic acids is 3. The number of nitrogens with two attached hydrogens (primary N) is 1. The molecule has 2 aromatic carbocycles. The lowest BCUT2D eigenvalue weighted by Crippen LogP contribution is -2.36. The van der Waals surface area contributed by atoms with E-state index >= 15 is 0 Å². The first-order valence-corrected chi connectivity index (χ1v) is 8.72. The minimum atomic E-state index is -0.814. The highest BCUT2D eigenvalue weighted by Gasteiger charge is 2.24. The third-order valence-corrected chi connectivity index (χ3v) is 3.81. The Labute approximate surface area is 168 Å². The maximum absolute atomic E-state index is 12.8. The van der Waals surface area contributed by atoms with Crippen molar-refractivity contribution in [2.45, 2.75) is 13.8 Å². The lowest BCUT2D eigenvalue weighted by Gasteiger charge is -2.19. The first-order valence-electron chi connectivity index (χ1n) is 8.72. The zero-order valence-corrected chi connectivity index (χ0v) is 16.0. The molecule has 0 aliphatic heterocycles. The Morgan fingerprint density at radius 3 is 2.41 bits per heavy atom. The SMILES string of the molecule is CCOC(=O)c1ccccc1N/C=C(/C#N)C(=O)N(C(C)=O)c1ccc(N)cc1. The fraction of sp³-hybridized carbons (Fsp3) is 0.143. The van der Waals surface area contributed by atoms with Crippen molar-refractivity contribution in [1.82, 2.24) is 0 Å². The summed E-state index contributed by atoms with van der Waals surface area (Å²) in [6.45, 7) is 3.11. The molecular formula is C21H20N4O4. The molecule has 148 valence electrons. The van der Waals surface area contributed by atoms with Gasteiger partial charge in [0.15, 0.2) is 0 Å². The van der Waals surface area contributed by atoms with Crippen molar-refractivity contribution in [1.29, 1.82) is 5.26 Å². The van der Waals surface area contributed by atoms with E-state index in [1.54, 1.807) is 49.4 Å². The highest BCUT2D eigenvalue weighted by Crippen LogP contribution is 2.20. The summed E-state index contributed by atoms with van der Waals surface area (Å²) < 4.78 is 4.99. The normalized spacial score (nSPS) is 10.6. The van der Waals surface area contributed by atoms with Crippen LogP contribution >= 0.6 is 0 Å². The Morgan fingerprint density at radius 2 is 1.83 bits per heavy atom. The summed E-state index contributed by atoms with van der Waals surface area (Å²) >= 11 is 0. The van der Waals surface area contributed by atoms with Crippen molar-refractivity contribution in [3.05, 3.63) is 65.9 Å². The van der Waals surface area contributed by atoms with Gasteiger partial charge < -0.3 is 15.8 Å². The van der Waals surface area contributed by atoms with Crippen LogP contribution in [-0.2, 0) is 14.3 Å². The molecule has 2 amide bonds. The molecule has 0 radical (unpaired) electrons. The Bertz CT molecular complexity index is 990. The molecule has 3 N–H and O–H groups in total. The first-order chi connectivity index (χ1) is 13.9. The van der Waals surface area contributed by atoms with Crippen molar-refractivity contribution in [2.24, 2.45) is 0 Å². The summed E-state index contributed by atoms with van der Waals surface area (Å²) in [5, 5.41) is 12.2. The van der Waals surface area contributed by atoms with Crippen molar-refractivity contribution in [3.8, 4) is 6.07 Å². The molecule has 29 heavy (non-hydrogen) atoms. The average Bonchev–Trinajstić information content (AvgIpc) is 2.70. The average molecular weight is 392 g/mol. The molecule has 0 fully saturated rings. The third kappa shape index (κ3) is 5.20. The van der Waals surface area contributed by atoms with E-state index in [2.05, 4.69) is 5.32 Å². The summed E-state index contributed by atoms with van der Waals surface area (Å²) in [5.41, 5.74) is 6.67. The second kappa shape index (κ2) is 9.71. The minimum absolute atomic E-state index is 0.208. The van der Waals surface area contributed by atoms with Gasteiger partial charge in [0.2, 0.25) is 5.91 Å². The van der Waals surface area contributed by atoms with Crippen LogP contribution in [0.15, 0.2) is 60.3 Å². The smallest absolute Gasteiger partial charge is 0.340 e. The van der Waals surface area contributed by atoms with E-state index in [0.717, 1.165) is 11.1 Å². The van der Waals surface area contributed by atoms with E-state index in [9.17, 15) is 19.6 Å². The predicted molar refractivity (Wildman–Crippen MR) is 109 cm³/mol. The first kappa shape index (κ1) is 21.2. The number of nitrogens with one attached hydrogen (secondary N) is 1. The van der Waals surface area contributed by atoms with Crippen LogP contribution in [0.2, 0.25) is 0 Å². The Hall–Kier alpha value is -4.12. The Morgan fingerprint density at radius 1 is 1.17 bits per heavy atom. The molecule has 2 aromatic rings. The van der Waals surface area contributed by atoms with Gasteiger partial charge in [0.1, 0.15) is 11.6 Å². The van der Waals surface area contributed by atoms with Crippen molar-refractivity contribution < 1.29 is 19.1 Å². The maximum atomic E-state index is 12.8. The standard InChI is InChI=1S/C21H20N4O4/c1-3-29-21(28)18-6-4-5-7-19(18)24-13-15(12-22)20(27)25(14(2)26)17-10-8-16(23)9-11-17/h4-11,13,24H,3,23H2,1-2H3/b15-13-. The highest BCUT2D eigenvalue weighted by atomic mass is 16.5. The Kier molecular flexibility index (Phi) is 7.09. The number of para-hydroxylation sites is 1. The number of rotatable bonds is 6. The molecule has 0 bridgehead atoms. The van der Waals surface area contributed by atoms with Crippen LogP contribution in [0, 0.1) is 11.3 Å². The molecule has 0 saturated heterocycles. The largest absolute Gasteiger partial charge is 0.462 e. The van der Waals surface area contributed by atoms with Crippen LogP contribution in [-0.4, -0.2) is 24.4 Å². The summed E-state index contributed by atoms with van der Waals surface area (Å²) in [7, 11) is 0. The number of nitrogen functional groups attached to an aromatic ring is 1. The number of ether oxygens (including phenoxy) is 1. The minimum Gasteiger partial charge on any atom is -0.462 e. The third-order valence-electron chi connectivity index (χ3n) is 3.81. The van der Waals surface area contributed by atoms with Crippen LogP contribution < -0.4 is 16.0 Å². The Balaban J connectivity index is 2.33. The summed E-state index contributed by atoms with van der Waals surface area (Å²) in [6.07, 6.45) is 1.15. The molecule has 0 atom stereocenters. The summed E-state index contributed by atoms with van der Waals surface area (Å²) in [4.78, 5) is 37.7. The van der Waals surface area contributed by atoms with Gasteiger partial charge in [-0.3, -0.25) is 9.59 Å². The highest BCUT2D eigenvalue weighted by molar-refractivity contribution is 6.21. The fourth-order valence-electron chi connectivity index (χ4n) is 2.47. The molecule has 8 nitrogen and oxygen atoms in total. The van der Waals surface area contributed by atoms with Gasteiger partial charge in [-0.1, -0.05) is 12.1 Å². The van der Waals surface area contributed by atoms with Gasteiger partial charge in [0, 0.05) is 18.8 Å². The number of anilines is 3. The molecule has 0 heterocycles. The van der Waals surface area contributed by atoms with Gasteiger partial charge in [-0.25, -0.2) is 9.69 Å². The second-order valence-corrected chi connectivity index (χ2v) is 5.83. The van der Waals surface area contributed by atoms with E-state index in [1.165, 1.54) is 19.1 Å². The van der Waals surface area contributed by atoms with Crippen LogP contribution in [0.25, 0.3) is 0 Å². The van der Waals surface area contributed by atoms with Gasteiger partial charge in [-0.2, -0.15) is 5.26 Å². The second-order valence-electron chi connectivity index (χ2n) is 5.83. The van der Waals surface area contributed by atoms with Crippen LogP contribution in [0.3, 0.4) is 0 Å². The van der Waals surface area contributed by atoms with Gasteiger partial charge in [0.25, 0.3) is 5.91 Å². The number of imide groups is 1. The number of benzene rings is 2. The zero-order chi connectivity index (χ0) is 21.4. The zero-order valence-electron chi connectivity index (χ0n) is 16.0. The number of amides is 2. The van der Waals surface area contributed by atoms with Gasteiger partial charge in [-0.15, -0.1) is 0 Å². The lowest BCUT2D eigenvalue weighted by atomic mass is 10.1. The molecule has 0 aliphatic carbocycles. The van der Waals surface area contributed by atoms with E-state index in [-0.39, 0.29) is 23.4 Å². The molecule has 2 rings (SSSR count). The van der Waals surface area contributed by atoms with E-state index in [4.69, 9.17) is 10.5 Å². The summed E-state index contributed by atoms with van der Waals surface area (Å²) in [5.74, 6) is -1.92. The van der Waals surface area contributed by atoms with Gasteiger partial charge in [-0.05, 0) is 43.3 Å². The van der Waals surface area contributed by atoms with E-state index in [0.29, 0.717) is 11.4 Å². The molecule has 0 aromatic heterocycles. The van der Waals surface area contributed by atoms with Crippen molar-refractivity contribution in [3.63, 3.8) is 0 Å². The lowest BCUT2D eigenvalue weighted by molar-refractivity contribution is -0.123. The molecular weight excluding hydrogens is 372 g/mol. The monoisotopic (exact) mass is 392 g/mol. The number of nitrogens with zero attached hydrogens (tertiary/aromatic N) is 2. The van der Waals surface area contributed by atoms with Crippen LogP contribution in [0.4, 0.5) is 17.1 Å². The van der Waals surface area contributed by atoms with Crippen molar-refractivity contribution in [2.75, 3.05) is 22.6 Å². The molecule has 8 heteroatoms. The van der Waals surface area contributed by atoms with Gasteiger partial charge >= 0.3 is 5.97 Å². The van der Waals surface area contributed by atoms with Crippen molar-refractivity contribution >= 4 is 34.8 Å². The number of nitriles is 1. The van der Waals surface area contributed by atoms with Crippen LogP contribution in [0.5, 0.6) is 0 Å². The number of esters is 1. The topological polar surface area (TPSA) is 126 Å². The molecule has 0 spiro atoms. The predicted octanol–water partition coefficient (Wildman–Crippen LogP) is 2.84. The number of carbonyl (C=O) groups is 3. The molecule has 0 unspecified atom stereocenters. The van der Waals surface area contributed by atoms with Gasteiger partial charge in [0.05, 0.1) is 23.5 Å². The molecule has 0 aliphatic rings. The maximum Gasteiger partial charge on any atom is 0.340 e. The molecule has 0 saturated carbocycles. The number of hydrogen-bond donors (Lipinski definition) is 2. The van der Waals surface area contributed by atoms with Crippen LogP contribution in [0.1, 0.15) is 24.2 Å². The van der Waals surface area contributed by atoms with E-state index < -0.39 is 17.8 Å².